The minimum Gasteiger partial charge on any atom is -0.320 e. The number of nitrogens with two attached hydrogens (primary N) is 1. The maximum atomic E-state index is 13.8. The fraction of sp³-hybridized carbons (Fsp3) is 0.0769. The Kier molecular flexibility index (Phi) is 4.13. The summed E-state index contributed by atoms with van der Waals surface area (Å²) in [6.45, 7) is 0. The van der Waals surface area contributed by atoms with Gasteiger partial charge in [-0.05, 0) is 23.8 Å². The second-order valence-corrected chi connectivity index (χ2v) is 5.02. The summed E-state index contributed by atoms with van der Waals surface area (Å²) >= 11 is 17.5. The molecular weight excluding hydrogens is 296 g/mol. The highest BCUT2D eigenvalue weighted by Crippen LogP contribution is 2.30. The average Bonchev–Trinajstić information content (AvgIpc) is 2.35. The first-order chi connectivity index (χ1) is 8.50. The molecule has 1 nitrogen and oxygen atoms in total. The van der Waals surface area contributed by atoms with Gasteiger partial charge in [0.15, 0.2) is 0 Å². The van der Waals surface area contributed by atoms with Crippen LogP contribution in [0, 0.1) is 5.82 Å². The number of hydrogen-bond donors (Lipinski definition) is 1. The number of hydrogen-bond acceptors (Lipinski definition) is 1. The molecule has 0 aliphatic carbocycles. The molecule has 2 N–H and O–H groups in total. The van der Waals surface area contributed by atoms with Gasteiger partial charge in [0.25, 0.3) is 0 Å². The van der Waals surface area contributed by atoms with Crippen LogP contribution in [0.5, 0.6) is 0 Å². The zero-order valence-corrected chi connectivity index (χ0v) is 11.4. The lowest BCUT2D eigenvalue weighted by atomic mass is 9.99. The highest BCUT2D eigenvalue weighted by molar-refractivity contribution is 6.42. The molecule has 1 atom stereocenters. The number of benzene rings is 2. The lowest BCUT2D eigenvalue weighted by Gasteiger charge is -2.14. The summed E-state index contributed by atoms with van der Waals surface area (Å²) in [5.74, 6) is -0.516. The van der Waals surface area contributed by atoms with Crippen molar-refractivity contribution >= 4 is 34.8 Å². The van der Waals surface area contributed by atoms with E-state index in [0.717, 1.165) is 0 Å². The molecule has 0 amide bonds. The van der Waals surface area contributed by atoms with E-state index in [9.17, 15) is 4.39 Å². The van der Waals surface area contributed by atoms with Crippen LogP contribution < -0.4 is 5.73 Å². The summed E-state index contributed by atoms with van der Waals surface area (Å²) < 4.78 is 13.8. The van der Waals surface area contributed by atoms with Crippen molar-refractivity contribution in [1.29, 1.82) is 0 Å². The van der Waals surface area contributed by atoms with Crippen LogP contribution in [0.3, 0.4) is 0 Å². The van der Waals surface area contributed by atoms with E-state index in [1.54, 1.807) is 30.3 Å². The van der Waals surface area contributed by atoms with Crippen molar-refractivity contribution < 1.29 is 4.39 Å². The van der Waals surface area contributed by atoms with Crippen molar-refractivity contribution in [1.82, 2.24) is 0 Å². The molecule has 2 rings (SSSR count). The van der Waals surface area contributed by atoms with Gasteiger partial charge in [0.05, 0.1) is 21.1 Å². The molecule has 0 radical (unpaired) electrons. The predicted octanol–water partition coefficient (Wildman–Crippen LogP) is 4.83. The molecule has 2 aromatic carbocycles. The Balaban J connectivity index is 2.44. The van der Waals surface area contributed by atoms with E-state index in [2.05, 4.69) is 0 Å². The maximum Gasteiger partial charge on any atom is 0.146 e. The van der Waals surface area contributed by atoms with Crippen LogP contribution in [-0.2, 0) is 0 Å². The minimum absolute atomic E-state index is 0.0445. The molecule has 0 bridgehead atoms. The van der Waals surface area contributed by atoms with Gasteiger partial charge in [-0.15, -0.1) is 0 Å². The van der Waals surface area contributed by atoms with Gasteiger partial charge >= 0.3 is 0 Å². The first-order valence-electron chi connectivity index (χ1n) is 5.15. The first kappa shape index (κ1) is 13.6. The Morgan fingerprint density at radius 2 is 1.67 bits per heavy atom. The Hall–Kier alpha value is -0.800. The monoisotopic (exact) mass is 303 g/mol. The summed E-state index contributed by atoms with van der Waals surface area (Å²) in [4.78, 5) is 0. The lowest BCUT2D eigenvalue weighted by molar-refractivity contribution is 0.600. The third kappa shape index (κ3) is 2.62. The smallest absolute Gasteiger partial charge is 0.146 e. The third-order valence-corrected chi connectivity index (χ3v) is 3.65. The molecule has 1 unspecified atom stereocenters. The molecular formula is C13H9Cl3FN. The molecule has 0 aliphatic heterocycles. The van der Waals surface area contributed by atoms with Crippen molar-refractivity contribution in [2.45, 2.75) is 6.04 Å². The van der Waals surface area contributed by atoms with Crippen LogP contribution in [0.4, 0.5) is 4.39 Å². The van der Waals surface area contributed by atoms with Gasteiger partial charge in [-0.25, -0.2) is 4.39 Å². The molecule has 5 heteroatoms. The number of halogens is 4. The van der Waals surface area contributed by atoms with Crippen molar-refractivity contribution in [2.24, 2.45) is 5.73 Å². The SMILES string of the molecule is NC(c1ccc(Cl)c(Cl)c1)c1cccc(Cl)c1F. The topological polar surface area (TPSA) is 26.0 Å². The van der Waals surface area contributed by atoms with Crippen molar-refractivity contribution in [3.05, 3.63) is 68.4 Å². The first-order valence-corrected chi connectivity index (χ1v) is 6.28. The van der Waals surface area contributed by atoms with Crippen LogP contribution in [0.15, 0.2) is 36.4 Å². The van der Waals surface area contributed by atoms with Gasteiger partial charge in [0, 0.05) is 5.56 Å². The molecule has 0 heterocycles. The molecule has 0 aliphatic rings. The largest absolute Gasteiger partial charge is 0.320 e. The third-order valence-electron chi connectivity index (χ3n) is 2.62. The standard InChI is InChI=1S/C13H9Cl3FN/c14-9-5-4-7(6-11(9)16)13(18)8-2-1-3-10(15)12(8)17/h1-6,13H,18H2. The van der Waals surface area contributed by atoms with Gasteiger partial charge in [-0.3, -0.25) is 0 Å². The second kappa shape index (κ2) is 5.45. The fourth-order valence-electron chi connectivity index (χ4n) is 1.65. The Bertz CT molecular complexity index is 586. The normalized spacial score (nSPS) is 12.5. The highest BCUT2D eigenvalue weighted by atomic mass is 35.5. The minimum atomic E-state index is -0.640. The zero-order chi connectivity index (χ0) is 13.3. The van der Waals surface area contributed by atoms with E-state index in [-0.39, 0.29) is 5.02 Å². The Morgan fingerprint density at radius 3 is 2.33 bits per heavy atom. The van der Waals surface area contributed by atoms with E-state index in [4.69, 9.17) is 40.5 Å². The number of rotatable bonds is 2. The summed E-state index contributed by atoms with van der Waals surface area (Å²) in [7, 11) is 0. The summed E-state index contributed by atoms with van der Waals surface area (Å²) in [5, 5.41) is 0.856. The van der Waals surface area contributed by atoms with Crippen LogP contribution in [-0.4, -0.2) is 0 Å². The second-order valence-electron chi connectivity index (χ2n) is 3.79. The van der Waals surface area contributed by atoms with Crippen LogP contribution in [0.2, 0.25) is 15.1 Å². The molecule has 0 spiro atoms. The quantitative estimate of drug-likeness (QED) is 0.844. The summed E-state index contributed by atoms with van der Waals surface area (Å²) in [5.41, 5.74) is 7.00. The maximum absolute atomic E-state index is 13.8. The molecule has 2 aromatic rings. The van der Waals surface area contributed by atoms with Gasteiger partial charge in [0.2, 0.25) is 0 Å². The summed E-state index contributed by atoms with van der Waals surface area (Å²) in [6, 6.07) is 9.03. The van der Waals surface area contributed by atoms with Crippen LogP contribution in [0.25, 0.3) is 0 Å². The molecule has 18 heavy (non-hydrogen) atoms. The summed E-state index contributed by atoms with van der Waals surface area (Å²) in [6.07, 6.45) is 0. The predicted molar refractivity (Wildman–Crippen MR) is 73.9 cm³/mol. The van der Waals surface area contributed by atoms with Crippen molar-refractivity contribution in [3.8, 4) is 0 Å². The van der Waals surface area contributed by atoms with E-state index in [1.165, 1.54) is 6.07 Å². The van der Waals surface area contributed by atoms with E-state index < -0.39 is 11.9 Å². The van der Waals surface area contributed by atoms with Gasteiger partial charge in [-0.2, -0.15) is 0 Å². The van der Waals surface area contributed by atoms with Gasteiger partial charge in [-0.1, -0.05) is 53.0 Å². The molecule has 0 saturated heterocycles. The Morgan fingerprint density at radius 1 is 0.944 bits per heavy atom. The van der Waals surface area contributed by atoms with Gasteiger partial charge in [0.1, 0.15) is 5.82 Å². The van der Waals surface area contributed by atoms with Gasteiger partial charge < -0.3 is 5.73 Å². The van der Waals surface area contributed by atoms with Crippen molar-refractivity contribution in [2.75, 3.05) is 0 Å². The van der Waals surface area contributed by atoms with Crippen LogP contribution >= 0.6 is 34.8 Å². The van der Waals surface area contributed by atoms with Crippen LogP contribution in [0.1, 0.15) is 17.2 Å². The van der Waals surface area contributed by atoms with E-state index in [1.807, 2.05) is 0 Å². The molecule has 0 saturated carbocycles. The lowest BCUT2D eigenvalue weighted by Crippen LogP contribution is -2.13. The van der Waals surface area contributed by atoms with E-state index >= 15 is 0 Å². The Labute approximate surface area is 119 Å². The molecule has 0 fully saturated rings. The molecule has 0 aromatic heterocycles. The molecule has 94 valence electrons. The van der Waals surface area contributed by atoms with E-state index in [0.29, 0.717) is 21.2 Å². The zero-order valence-electron chi connectivity index (χ0n) is 9.13. The highest BCUT2D eigenvalue weighted by Gasteiger charge is 2.16. The fourth-order valence-corrected chi connectivity index (χ4v) is 2.13. The van der Waals surface area contributed by atoms with Crippen molar-refractivity contribution in [3.63, 3.8) is 0 Å². The average molecular weight is 305 g/mol.